The van der Waals surface area contributed by atoms with E-state index < -0.39 is 0 Å². The van der Waals surface area contributed by atoms with E-state index in [4.69, 9.17) is 9.97 Å². The molecular weight excluding hydrogens is 567 g/mol. The first-order valence-electron chi connectivity index (χ1n) is 15.4. The molecule has 0 unspecified atom stereocenters. The van der Waals surface area contributed by atoms with Crippen molar-refractivity contribution in [3.8, 4) is 28.2 Å². The highest BCUT2D eigenvalue weighted by Gasteiger charge is 2.35. The number of thiophene rings is 1. The van der Waals surface area contributed by atoms with Gasteiger partial charge in [0, 0.05) is 31.8 Å². The summed E-state index contributed by atoms with van der Waals surface area (Å²) in [6, 6.07) is 46.2. The Hall–Kier alpha value is -5.32. The molecule has 212 valence electrons. The van der Waals surface area contributed by atoms with Crippen molar-refractivity contribution >= 4 is 64.3 Å². The van der Waals surface area contributed by atoms with Crippen LogP contribution in [0.1, 0.15) is 25.0 Å². The van der Waals surface area contributed by atoms with Crippen LogP contribution in [0.15, 0.2) is 127 Å². The first kappa shape index (κ1) is 25.1. The molecule has 0 aliphatic heterocycles. The Labute approximate surface area is 264 Å². The largest absolute Gasteiger partial charge is 0.292 e. The highest BCUT2D eigenvalue weighted by molar-refractivity contribution is 7.25. The number of hydrogen-bond acceptors (Lipinski definition) is 3. The number of para-hydroxylation sites is 1. The average molecular weight is 594 g/mol. The third-order valence-corrected chi connectivity index (χ3v) is 10.9. The van der Waals surface area contributed by atoms with Crippen LogP contribution >= 0.6 is 11.3 Å². The van der Waals surface area contributed by atoms with E-state index in [1.807, 2.05) is 0 Å². The third kappa shape index (κ3) is 3.40. The van der Waals surface area contributed by atoms with Crippen LogP contribution in [-0.2, 0) is 5.41 Å². The molecule has 0 spiro atoms. The highest BCUT2D eigenvalue weighted by atomic mass is 32.1. The third-order valence-electron chi connectivity index (χ3n) is 9.80. The molecule has 0 atom stereocenters. The summed E-state index contributed by atoms with van der Waals surface area (Å²) in [6.07, 6.45) is 0. The first-order valence-corrected chi connectivity index (χ1v) is 16.2. The molecule has 0 amide bonds. The molecule has 45 heavy (non-hydrogen) atoms. The molecular formula is C41H27N3S. The van der Waals surface area contributed by atoms with Gasteiger partial charge in [-0.15, -0.1) is 11.3 Å². The number of aromatic nitrogens is 3. The summed E-state index contributed by atoms with van der Waals surface area (Å²) in [5.74, 6) is 0.862. The lowest BCUT2D eigenvalue weighted by atomic mass is 9.82. The van der Waals surface area contributed by atoms with Gasteiger partial charge in [0.15, 0.2) is 5.82 Å². The molecule has 3 nitrogen and oxygen atoms in total. The van der Waals surface area contributed by atoms with Gasteiger partial charge >= 0.3 is 0 Å². The van der Waals surface area contributed by atoms with E-state index in [0.717, 1.165) is 43.8 Å². The topological polar surface area (TPSA) is 30.7 Å². The van der Waals surface area contributed by atoms with Crippen LogP contribution in [0.5, 0.6) is 0 Å². The quantitative estimate of drug-likeness (QED) is 0.200. The predicted octanol–water partition coefficient (Wildman–Crippen LogP) is 11.1. The normalized spacial score (nSPS) is 13.7. The molecule has 10 rings (SSSR count). The SMILES string of the molecule is CC1(C)c2ccccc2-c2ccc(-c3nc4sc5ccccc5c4nc3-n3c4ccccc4c4cc5ccccc5cc43)cc21. The van der Waals surface area contributed by atoms with Gasteiger partial charge in [0.05, 0.1) is 11.0 Å². The van der Waals surface area contributed by atoms with Crippen LogP contribution in [0.25, 0.3) is 81.2 Å². The molecule has 3 heterocycles. The molecule has 3 aromatic heterocycles. The zero-order valence-corrected chi connectivity index (χ0v) is 25.7. The van der Waals surface area contributed by atoms with Gasteiger partial charge in [-0.2, -0.15) is 0 Å². The number of fused-ring (bicyclic) bond motifs is 10. The first-order chi connectivity index (χ1) is 22.1. The summed E-state index contributed by atoms with van der Waals surface area (Å²) in [5.41, 5.74) is 10.4. The second kappa shape index (κ2) is 8.87. The van der Waals surface area contributed by atoms with Gasteiger partial charge in [-0.1, -0.05) is 111 Å². The van der Waals surface area contributed by atoms with Gasteiger partial charge in [-0.25, -0.2) is 9.97 Å². The lowest BCUT2D eigenvalue weighted by Gasteiger charge is -2.22. The van der Waals surface area contributed by atoms with E-state index in [2.05, 4.69) is 146 Å². The molecule has 0 bridgehead atoms. The molecule has 6 aromatic carbocycles. The van der Waals surface area contributed by atoms with Crippen molar-refractivity contribution in [2.24, 2.45) is 0 Å². The Morgan fingerprint density at radius 3 is 2.18 bits per heavy atom. The average Bonchev–Trinajstić information content (AvgIpc) is 3.68. The maximum absolute atomic E-state index is 5.54. The van der Waals surface area contributed by atoms with Crippen LogP contribution in [0.2, 0.25) is 0 Å². The minimum Gasteiger partial charge on any atom is -0.292 e. The molecule has 9 aromatic rings. The maximum Gasteiger partial charge on any atom is 0.165 e. The fourth-order valence-electron chi connectivity index (χ4n) is 7.60. The molecule has 1 aliphatic rings. The van der Waals surface area contributed by atoms with Crippen molar-refractivity contribution in [2.75, 3.05) is 0 Å². The van der Waals surface area contributed by atoms with Crippen LogP contribution in [0, 0.1) is 0 Å². The minimum absolute atomic E-state index is 0.108. The van der Waals surface area contributed by atoms with Crippen molar-refractivity contribution < 1.29 is 0 Å². The summed E-state index contributed by atoms with van der Waals surface area (Å²) in [4.78, 5) is 12.0. The Bertz CT molecular complexity index is 2690. The van der Waals surface area contributed by atoms with Crippen molar-refractivity contribution in [3.05, 3.63) is 139 Å². The van der Waals surface area contributed by atoms with E-state index in [9.17, 15) is 0 Å². The van der Waals surface area contributed by atoms with Gasteiger partial charge in [0.2, 0.25) is 0 Å². The zero-order valence-electron chi connectivity index (χ0n) is 24.9. The van der Waals surface area contributed by atoms with Crippen LogP contribution in [0.3, 0.4) is 0 Å². The van der Waals surface area contributed by atoms with Crippen molar-refractivity contribution in [1.82, 2.24) is 14.5 Å². The number of hydrogen-bond donors (Lipinski definition) is 0. The van der Waals surface area contributed by atoms with Crippen LogP contribution in [0.4, 0.5) is 0 Å². The lowest BCUT2D eigenvalue weighted by molar-refractivity contribution is 0.660. The molecule has 0 saturated heterocycles. The minimum atomic E-state index is -0.108. The predicted molar refractivity (Wildman–Crippen MR) is 190 cm³/mol. The standard InChI is InChI=1S/C41H27N3S/c1-41(2)32-16-8-5-13-27(32)28-20-19-26(22-33(28)41)37-39(42-38-30-15-7-10-18-36(30)45-40(38)43-37)44-34-17-9-6-14-29(34)31-21-24-11-3-4-12-25(24)23-35(31)44/h3-23H,1-2H3. The van der Waals surface area contributed by atoms with E-state index in [1.54, 1.807) is 11.3 Å². The summed E-state index contributed by atoms with van der Waals surface area (Å²) in [7, 11) is 0. The van der Waals surface area contributed by atoms with Gasteiger partial charge in [0.25, 0.3) is 0 Å². The highest BCUT2D eigenvalue weighted by Crippen LogP contribution is 2.50. The molecule has 0 fully saturated rings. The zero-order chi connectivity index (χ0) is 29.9. The molecule has 0 radical (unpaired) electrons. The van der Waals surface area contributed by atoms with Crippen LogP contribution < -0.4 is 0 Å². The summed E-state index contributed by atoms with van der Waals surface area (Å²) < 4.78 is 3.55. The van der Waals surface area contributed by atoms with Gasteiger partial charge in [0.1, 0.15) is 16.0 Å². The van der Waals surface area contributed by atoms with Crippen LogP contribution in [-0.4, -0.2) is 14.5 Å². The Kier molecular flexibility index (Phi) is 4.94. The number of rotatable bonds is 2. The van der Waals surface area contributed by atoms with Gasteiger partial charge in [-0.3, -0.25) is 4.57 Å². The molecule has 0 saturated carbocycles. The smallest absolute Gasteiger partial charge is 0.165 e. The molecule has 4 heteroatoms. The Morgan fingerprint density at radius 1 is 0.578 bits per heavy atom. The van der Waals surface area contributed by atoms with Gasteiger partial charge in [-0.05, 0) is 63.4 Å². The van der Waals surface area contributed by atoms with Crippen molar-refractivity contribution in [1.29, 1.82) is 0 Å². The second-order valence-electron chi connectivity index (χ2n) is 12.6. The number of nitrogens with zero attached hydrogens (tertiary/aromatic N) is 3. The maximum atomic E-state index is 5.54. The summed E-state index contributed by atoms with van der Waals surface area (Å²) >= 11 is 1.72. The van der Waals surface area contributed by atoms with E-state index in [1.165, 1.54) is 48.5 Å². The number of benzene rings is 6. The Balaban J connectivity index is 1.33. The second-order valence-corrected chi connectivity index (χ2v) is 13.7. The van der Waals surface area contributed by atoms with E-state index in [-0.39, 0.29) is 5.41 Å². The summed E-state index contributed by atoms with van der Waals surface area (Å²) in [5, 5.41) is 6.03. The van der Waals surface area contributed by atoms with Crippen molar-refractivity contribution in [3.63, 3.8) is 0 Å². The van der Waals surface area contributed by atoms with Gasteiger partial charge < -0.3 is 0 Å². The van der Waals surface area contributed by atoms with E-state index in [0.29, 0.717) is 0 Å². The Morgan fingerprint density at radius 2 is 1.29 bits per heavy atom. The van der Waals surface area contributed by atoms with Crippen molar-refractivity contribution in [2.45, 2.75) is 19.3 Å². The molecule has 0 N–H and O–H groups in total. The monoisotopic (exact) mass is 593 g/mol. The molecule has 1 aliphatic carbocycles. The fraction of sp³-hybridized carbons (Fsp3) is 0.0732. The lowest BCUT2D eigenvalue weighted by Crippen LogP contribution is -2.15. The summed E-state index contributed by atoms with van der Waals surface area (Å²) in [6.45, 7) is 4.67. The fourth-order valence-corrected chi connectivity index (χ4v) is 8.62. The van der Waals surface area contributed by atoms with E-state index >= 15 is 0 Å².